The zero-order valence-corrected chi connectivity index (χ0v) is 11.7. The van der Waals surface area contributed by atoms with E-state index in [1.807, 2.05) is 26.1 Å². The molecule has 1 aromatic carbocycles. The molecule has 5 heteroatoms. The van der Waals surface area contributed by atoms with Crippen molar-refractivity contribution in [3.63, 3.8) is 0 Å². The van der Waals surface area contributed by atoms with Gasteiger partial charge in [0.15, 0.2) is 0 Å². The van der Waals surface area contributed by atoms with E-state index in [0.717, 1.165) is 5.56 Å². The molecule has 0 aromatic heterocycles. The van der Waals surface area contributed by atoms with Gasteiger partial charge in [0.05, 0.1) is 13.2 Å². The number of ether oxygens (including phenoxy) is 1. The number of benzene rings is 1. The Morgan fingerprint density at radius 2 is 2.22 bits per heavy atom. The fourth-order valence-electron chi connectivity index (χ4n) is 1.62. The molecule has 0 radical (unpaired) electrons. The van der Waals surface area contributed by atoms with E-state index >= 15 is 0 Å². The Balaban J connectivity index is 2.66. The van der Waals surface area contributed by atoms with E-state index in [2.05, 4.69) is 10.6 Å². The van der Waals surface area contributed by atoms with Gasteiger partial charge in [-0.1, -0.05) is 17.7 Å². The van der Waals surface area contributed by atoms with Crippen LogP contribution in [0.25, 0.3) is 0 Å². The van der Waals surface area contributed by atoms with Crippen molar-refractivity contribution in [3.05, 3.63) is 28.8 Å². The SMILES string of the molecule is CNCCC(=O)NC(C)c1ccc(OC)cc1Cl. The minimum Gasteiger partial charge on any atom is -0.497 e. The lowest BCUT2D eigenvalue weighted by Gasteiger charge is -2.16. The van der Waals surface area contributed by atoms with Gasteiger partial charge in [-0.3, -0.25) is 4.79 Å². The molecule has 0 aliphatic carbocycles. The average Bonchev–Trinajstić information content (AvgIpc) is 2.35. The first-order chi connectivity index (χ1) is 8.58. The van der Waals surface area contributed by atoms with E-state index in [4.69, 9.17) is 16.3 Å². The van der Waals surface area contributed by atoms with Gasteiger partial charge >= 0.3 is 0 Å². The van der Waals surface area contributed by atoms with Crippen LogP contribution >= 0.6 is 11.6 Å². The van der Waals surface area contributed by atoms with E-state index in [1.165, 1.54) is 0 Å². The molecule has 1 aromatic rings. The summed E-state index contributed by atoms with van der Waals surface area (Å²) in [7, 11) is 3.41. The number of carbonyl (C=O) groups excluding carboxylic acids is 1. The van der Waals surface area contributed by atoms with Crippen molar-refractivity contribution in [2.24, 2.45) is 0 Å². The summed E-state index contributed by atoms with van der Waals surface area (Å²) < 4.78 is 5.08. The van der Waals surface area contributed by atoms with Gasteiger partial charge in [0.2, 0.25) is 5.91 Å². The monoisotopic (exact) mass is 270 g/mol. The number of hydrogen-bond donors (Lipinski definition) is 2. The molecule has 0 aliphatic rings. The van der Waals surface area contributed by atoms with E-state index in [-0.39, 0.29) is 11.9 Å². The Kier molecular flexibility index (Phi) is 5.95. The molecule has 0 aliphatic heterocycles. The van der Waals surface area contributed by atoms with Crippen molar-refractivity contribution in [1.29, 1.82) is 0 Å². The van der Waals surface area contributed by atoms with Crippen LogP contribution in [0.4, 0.5) is 0 Å². The summed E-state index contributed by atoms with van der Waals surface area (Å²) in [5.74, 6) is 0.709. The van der Waals surface area contributed by atoms with Crippen LogP contribution in [0.2, 0.25) is 5.02 Å². The second-order valence-corrected chi connectivity index (χ2v) is 4.44. The molecule has 0 fully saturated rings. The summed E-state index contributed by atoms with van der Waals surface area (Å²) in [4.78, 5) is 11.6. The first-order valence-electron chi connectivity index (χ1n) is 5.86. The lowest BCUT2D eigenvalue weighted by atomic mass is 10.1. The molecule has 18 heavy (non-hydrogen) atoms. The largest absolute Gasteiger partial charge is 0.497 e. The molecule has 100 valence electrons. The fourth-order valence-corrected chi connectivity index (χ4v) is 1.95. The lowest BCUT2D eigenvalue weighted by molar-refractivity contribution is -0.121. The third kappa shape index (κ3) is 4.20. The van der Waals surface area contributed by atoms with E-state index in [9.17, 15) is 4.79 Å². The van der Waals surface area contributed by atoms with Gasteiger partial charge in [0.25, 0.3) is 0 Å². The highest BCUT2D eigenvalue weighted by atomic mass is 35.5. The highest BCUT2D eigenvalue weighted by molar-refractivity contribution is 6.31. The summed E-state index contributed by atoms with van der Waals surface area (Å²) in [6.45, 7) is 2.57. The van der Waals surface area contributed by atoms with Crippen LogP contribution in [-0.2, 0) is 4.79 Å². The zero-order valence-electron chi connectivity index (χ0n) is 10.9. The maximum absolute atomic E-state index is 11.6. The van der Waals surface area contributed by atoms with Gasteiger partial charge in [0, 0.05) is 18.0 Å². The minimum absolute atomic E-state index is 0.00346. The smallest absolute Gasteiger partial charge is 0.221 e. The Hall–Kier alpha value is -1.26. The molecule has 2 N–H and O–H groups in total. The average molecular weight is 271 g/mol. The number of halogens is 1. The zero-order chi connectivity index (χ0) is 13.5. The molecule has 1 unspecified atom stereocenters. The molecule has 1 amide bonds. The summed E-state index contributed by atoms with van der Waals surface area (Å²) in [5, 5.41) is 6.43. The standard InChI is InChI=1S/C13H19ClN2O2/c1-9(16-13(17)6-7-15-2)11-5-4-10(18-3)8-12(11)14/h4-5,8-9,15H,6-7H2,1-3H3,(H,16,17). The number of nitrogens with one attached hydrogen (secondary N) is 2. The van der Waals surface area contributed by atoms with Gasteiger partial charge in [-0.05, 0) is 31.7 Å². The maximum atomic E-state index is 11.6. The topological polar surface area (TPSA) is 50.4 Å². The highest BCUT2D eigenvalue weighted by Crippen LogP contribution is 2.27. The normalized spacial score (nSPS) is 12.0. The van der Waals surface area contributed by atoms with Crippen molar-refractivity contribution < 1.29 is 9.53 Å². The van der Waals surface area contributed by atoms with Crippen molar-refractivity contribution in [3.8, 4) is 5.75 Å². The molecule has 0 saturated heterocycles. The van der Waals surface area contributed by atoms with Crippen LogP contribution in [0.15, 0.2) is 18.2 Å². The number of methoxy groups -OCH3 is 1. The quantitative estimate of drug-likeness (QED) is 0.833. The number of hydrogen-bond acceptors (Lipinski definition) is 3. The molecule has 0 bridgehead atoms. The van der Waals surface area contributed by atoms with E-state index in [0.29, 0.717) is 23.7 Å². The third-order valence-electron chi connectivity index (χ3n) is 2.65. The molecular weight excluding hydrogens is 252 g/mol. The predicted molar refractivity (Wildman–Crippen MR) is 73.1 cm³/mol. The number of rotatable bonds is 6. The van der Waals surface area contributed by atoms with Gasteiger partial charge in [-0.25, -0.2) is 0 Å². The summed E-state index contributed by atoms with van der Waals surface area (Å²) in [6.07, 6.45) is 0.453. The van der Waals surface area contributed by atoms with E-state index in [1.54, 1.807) is 13.2 Å². The fraction of sp³-hybridized carbons (Fsp3) is 0.462. The Morgan fingerprint density at radius 1 is 1.50 bits per heavy atom. The van der Waals surface area contributed by atoms with Crippen LogP contribution in [-0.4, -0.2) is 26.6 Å². The first-order valence-corrected chi connectivity index (χ1v) is 6.23. The Labute approximate surface area is 113 Å². The van der Waals surface area contributed by atoms with Gasteiger partial charge in [-0.15, -0.1) is 0 Å². The van der Waals surface area contributed by atoms with Crippen LogP contribution in [0, 0.1) is 0 Å². The second kappa shape index (κ2) is 7.24. The second-order valence-electron chi connectivity index (χ2n) is 4.03. The summed E-state index contributed by atoms with van der Waals surface area (Å²) in [6, 6.07) is 5.32. The van der Waals surface area contributed by atoms with Crippen molar-refractivity contribution in [2.45, 2.75) is 19.4 Å². The molecular formula is C13H19ClN2O2. The van der Waals surface area contributed by atoms with Crippen molar-refractivity contribution >= 4 is 17.5 Å². The number of carbonyl (C=O) groups is 1. The van der Waals surface area contributed by atoms with Gasteiger partial charge < -0.3 is 15.4 Å². The van der Waals surface area contributed by atoms with Crippen LogP contribution in [0.5, 0.6) is 5.75 Å². The lowest BCUT2D eigenvalue weighted by Crippen LogP contribution is -2.29. The third-order valence-corrected chi connectivity index (χ3v) is 2.98. The number of amides is 1. The summed E-state index contributed by atoms with van der Waals surface area (Å²) in [5.41, 5.74) is 0.885. The summed E-state index contributed by atoms with van der Waals surface area (Å²) >= 11 is 6.15. The highest BCUT2D eigenvalue weighted by Gasteiger charge is 2.12. The van der Waals surface area contributed by atoms with Gasteiger partial charge in [0.1, 0.15) is 5.75 Å². The maximum Gasteiger partial charge on any atom is 0.221 e. The first kappa shape index (κ1) is 14.8. The van der Waals surface area contributed by atoms with Gasteiger partial charge in [-0.2, -0.15) is 0 Å². The molecule has 4 nitrogen and oxygen atoms in total. The molecule has 0 heterocycles. The molecule has 0 spiro atoms. The molecule has 1 rings (SSSR count). The Morgan fingerprint density at radius 3 is 2.78 bits per heavy atom. The van der Waals surface area contributed by atoms with Crippen LogP contribution < -0.4 is 15.4 Å². The Bertz CT molecular complexity index is 410. The van der Waals surface area contributed by atoms with E-state index < -0.39 is 0 Å². The van der Waals surface area contributed by atoms with Crippen molar-refractivity contribution in [1.82, 2.24) is 10.6 Å². The molecule has 1 atom stereocenters. The predicted octanol–water partition coefficient (Wildman–Crippen LogP) is 2.14. The molecule has 0 saturated carbocycles. The van der Waals surface area contributed by atoms with Crippen LogP contribution in [0.3, 0.4) is 0 Å². The van der Waals surface area contributed by atoms with Crippen LogP contribution in [0.1, 0.15) is 24.9 Å². The van der Waals surface area contributed by atoms with Crippen molar-refractivity contribution in [2.75, 3.05) is 20.7 Å². The minimum atomic E-state index is -0.118.